The SMILES string of the molecule is CCCOc1ccc(NC(=O)C[C@H]2C(=O)N(c3ccc(F)cc3)C(=S)N2CCc2ccc(Cl)cc2Cl)cc1. The van der Waals surface area contributed by atoms with Crippen molar-refractivity contribution in [3.8, 4) is 5.75 Å². The van der Waals surface area contributed by atoms with Crippen LogP contribution in [-0.4, -0.2) is 41.0 Å². The molecule has 2 amide bonds. The van der Waals surface area contributed by atoms with E-state index in [1.165, 1.54) is 29.2 Å². The Morgan fingerprint density at radius 3 is 2.45 bits per heavy atom. The van der Waals surface area contributed by atoms with Crippen molar-refractivity contribution in [1.29, 1.82) is 0 Å². The molecule has 3 aromatic rings. The lowest BCUT2D eigenvalue weighted by Gasteiger charge is -2.24. The number of halogens is 3. The molecule has 0 unspecified atom stereocenters. The molecule has 38 heavy (non-hydrogen) atoms. The van der Waals surface area contributed by atoms with Crippen molar-refractivity contribution in [2.75, 3.05) is 23.4 Å². The molecule has 198 valence electrons. The Morgan fingerprint density at radius 1 is 1.08 bits per heavy atom. The molecule has 4 rings (SSSR count). The van der Waals surface area contributed by atoms with Gasteiger partial charge in [-0.25, -0.2) is 4.39 Å². The predicted octanol–water partition coefficient (Wildman–Crippen LogP) is 6.49. The Morgan fingerprint density at radius 2 is 1.79 bits per heavy atom. The van der Waals surface area contributed by atoms with E-state index < -0.39 is 11.9 Å². The Bertz CT molecular complexity index is 1320. The van der Waals surface area contributed by atoms with Crippen molar-refractivity contribution >= 4 is 63.7 Å². The summed E-state index contributed by atoms with van der Waals surface area (Å²) in [6.07, 6.45) is 1.24. The fourth-order valence-electron chi connectivity index (χ4n) is 4.12. The number of nitrogens with one attached hydrogen (secondary N) is 1. The van der Waals surface area contributed by atoms with Crippen LogP contribution in [0.4, 0.5) is 15.8 Å². The molecule has 0 bridgehead atoms. The molecule has 1 atom stereocenters. The molecular formula is C28H26Cl2FN3O3S. The lowest BCUT2D eigenvalue weighted by atomic mass is 10.1. The monoisotopic (exact) mass is 573 g/mol. The topological polar surface area (TPSA) is 61.9 Å². The third-order valence-corrected chi connectivity index (χ3v) is 7.03. The zero-order chi connectivity index (χ0) is 27.2. The number of carbonyl (C=O) groups is 2. The average Bonchev–Trinajstić information content (AvgIpc) is 3.12. The second kappa shape index (κ2) is 12.6. The highest BCUT2D eigenvalue weighted by Gasteiger charge is 2.44. The first-order valence-corrected chi connectivity index (χ1v) is 13.3. The number of hydrogen-bond donors (Lipinski definition) is 1. The standard InChI is InChI=1S/C28H26Cl2FN3O3S/c1-2-15-37-23-11-7-21(8-12-23)32-26(35)17-25-27(36)34(22-9-5-20(31)6-10-22)28(38)33(25)14-13-18-3-4-19(29)16-24(18)30/h3-12,16,25H,2,13-15,17H2,1H3,(H,32,35)/t25-/m0/s1. The minimum absolute atomic E-state index is 0.126. The third-order valence-electron chi connectivity index (χ3n) is 6.03. The molecule has 0 saturated carbocycles. The predicted molar refractivity (Wildman–Crippen MR) is 153 cm³/mol. The van der Waals surface area contributed by atoms with E-state index in [1.807, 2.05) is 13.0 Å². The molecule has 10 heteroatoms. The number of thiocarbonyl (C=S) groups is 1. The summed E-state index contributed by atoms with van der Waals surface area (Å²) in [7, 11) is 0. The molecule has 1 saturated heterocycles. The summed E-state index contributed by atoms with van der Waals surface area (Å²) in [5.41, 5.74) is 1.85. The number of hydrogen-bond acceptors (Lipinski definition) is 4. The van der Waals surface area contributed by atoms with E-state index in [1.54, 1.807) is 41.3 Å². The number of nitrogens with zero attached hydrogens (tertiary/aromatic N) is 2. The lowest BCUT2D eigenvalue weighted by molar-refractivity contribution is -0.124. The van der Waals surface area contributed by atoms with E-state index >= 15 is 0 Å². The van der Waals surface area contributed by atoms with Crippen LogP contribution in [0.15, 0.2) is 66.7 Å². The first-order valence-electron chi connectivity index (χ1n) is 12.1. The van der Waals surface area contributed by atoms with Crippen molar-refractivity contribution in [1.82, 2.24) is 4.90 Å². The third kappa shape index (κ3) is 6.62. The van der Waals surface area contributed by atoms with Gasteiger partial charge in [0.15, 0.2) is 5.11 Å². The highest BCUT2D eigenvalue weighted by Crippen LogP contribution is 2.29. The van der Waals surface area contributed by atoms with E-state index in [9.17, 15) is 14.0 Å². The number of amides is 2. The molecule has 6 nitrogen and oxygen atoms in total. The molecule has 1 aliphatic rings. The summed E-state index contributed by atoms with van der Waals surface area (Å²) in [6, 6.07) is 16.9. The Labute approximate surface area is 236 Å². The van der Waals surface area contributed by atoms with Gasteiger partial charge in [0.25, 0.3) is 5.91 Å². The molecule has 1 aliphatic heterocycles. The van der Waals surface area contributed by atoms with Gasteiger partial charge in [-0.2, -0.15) is 0 Å². The number of benzene rings is 3. The Kier molecular flexibility index (Phi) is 9.20. The van der Waals surface area contributed by atoms with Crippen LogP contribution in [0, 0.1) is 5.82 Å². The van der Waals surface area contributed by atoms with Gasteiger partial charge in [0.05, 0.1) is 18.7 Å². The summed E-state index contributed by atoms with van der Waals surface area (Å²) in [5.74, 6) is -0.420. The fraction of sp³-hybridized carbons (Fsp3) is 0.250. The van der Waals surface area contributed by atoms with Crippen molar-refractivity contribution in [2.45, 2.75) is 32.2 Å². The van der Waals surface area contributed by atoms with Crippen LogP contribution in [-0.2, 0) is 16.0 Å². The van der Waals surface area contributed by atoms with Crippen molar-refractivity contribution in [2.24, 2.45) is 0 Å². The highest BCUT2D eigenvalue weighted by molar-refractivity contribution is 7.80. The first-order chi connectivity index (χ1) is 18.3. The summed E-state index contributed by atoms with van der Waals surface area (Å²) in [6.45, 7) is 2.97. The maximum Gasteiger partial charge on any atom is 0.256 e. The largest absolute Gasteiger partial charge is 0.494 e. The second-order valence-electron chi connectivity index (χ2n) is 8.75. The first kappa shape index (κ1) is 27.8. The molecule has 1 N–H and O–H groups in total. The van der Waals surface area contributed by atoms with Gasteiger partial charge >= 0.3 is 0 Å². The van der Waals surface area contributed by atoms with Crippen molar-refractivity contribution in [3.63, 3.8) is 0 Å². The van der Waals surface area contributed by atoms with E-state index in [-0.39, 0.29) is 23.3 Å². The average molecular weight is 575 g/mol. The summed E-state index contributed by atoms with van der Waals surface area (Å²) >= 11 is 18.0. The Balaban J connectivity index is 1.52. The van der Waals surface area contributed by atoms with E-state index in [4.69, 9.17) is 40.2 Å². The van der Waals surface area contributed by atoms with Gasteiger partial charge in [0.2, 0.25) is 5.91 Å². The van der Waals surface area contributed by atoms with Crippen LogP contribution in [0.25, 0.3) is 0 Å². The van der Waals surface area contributed by atoms with E-state index in [0.29, 0.717) is 46.7 Å². The van der Waals surface area contributed by atoms with Crippen LogP contribution in [0.5, 0.6) is 5.75 Å². The number of anilines is 2. The molecule has 3 aromatic carbocycles. The molecule has 0 radical (unpaired) electrons. The van der Waals surface area contributed by atoms with Crippen LogP contribution >= 0.6 is 35.4 Å². The van der Waals surface area contributed by atoms with Gasteiger partial charge < -0.3 is 15.0 Å². The van der Waals surface area contributed by atoms with Crippen LogP contribution in [0.3, 0.4) is 0 Å². The maximum absolute atomic E-state index is 13.5. The van der Waals surface area contributed by atoms with Gasteiger partial charge in [0, 0.05) is 22.3 Å². The van der Waals surface area contributed by atoms with E-state index in [2.05, 4.69) is 5.32 Å². The smallest absolute Gasteiger partial charge is 0.256 e. The Hall–Kier alpha value is -3.20. The maximum atomic E-state index is 13.5. The van der Waals surface area contributed by atoms with Crippen LogP contribution < -0.4 is 15.0 Å². The quantitative estimate of drug-likeness (QED) is 0.281. The molecule has 0 aromatic heterocycles. The molecule has 1 fully saturated rings. The van der Waals surface area contributed by atoms with Crippen LogP contribution in [0.1, 0.15) is 25.3 Å². The summed E-state index contributed by atoms with van der Waals surface area (Å²) in [5, 5.41) is 4.10. The van der Waals surface area contributed by atoms with Gasteiger partial charge in [-0.05, 0) is 91.3 Å². The molecular weight excluding hydrogens is 548 g/mol. The molecule has 0 spiro atoms. The van der Waals surface area contributed by atoms with Crippen molar-refractivity contribution < 1.29 is 18.7 Å². The number of carbonyl (C=O) groups excluding carboxylic acids is 2. The van der Waals surface area contributed by atoms with Gasteiger partial charge in [-0.1, -0.05) is 36.2 Å². The zero-order valence-electron chi connectivity index (χ0n) is 20.6. The highest BCUT2D eigenvalue weighted by atomic mass is 35.5. The second-order valence-corrected chi connectivity index (χ2v) is 9.96. The van der Waals surface area contributed by atoms with Gasteiger partial charge in [-0.3, -0.25) is 14.5 Å². The number of rotatable bonds is 10. The van der Waals surface area contributed by atoms with Crippen molar-refractivity contribution in [3.05, 3.63) is 88.2 Å². The minimum Gasteiger partial charge on any atom is -0.494 e. The van der Waals surface area contributed by atoms with E-state index in [0.717, 1.165) is 12.0 Å². The number of ether oxygens (including phenoxy) is 1. The van der Waals surface area contributed by atoms with Crippen LogP contribution in [0.2, 0.25) is 10.0 Å². The summed E-state index contributed by atoms with van der Waals surface area (Å²) < 4.78 is 19.1. The molecule has 0 aliphatic carbocycles. The fourth-order valence-corrected chi connectivity index (χ4v) is 5.04. The zero-order valence-corrected chi connectivity index (χ0v) is 23.0. The minimum atomic E-state index is -0.842. The van der Waals surface area contributed by atoms with Gasteiger partial charge in [0.1, 0.15) is 17.6 Å². The molecule has 1 heterocycles. The summed E-state index contributed by atoms with van der Waals surface area (Å²) in [4.78, 5) is 29.6. The van der Waals surface area contributed by atoms with Gasteiger partial charge in [-0.15, -0.1) is 0 Å². The lowest BCUT2D eigenvalue weighted by Crippen LogP contribution is -2.39. The normalized spacial score (nSPS) is 15.2.